The van der Waals surface area contributed by atoms with Crippen LogP contribution in [-0.4, -0.2) is 28.7 Å². The lowest BCUT2D eigenvalue weighted by Crippen LogP contribution is -2.50. The molecule has 2 rings (SSSR count). The number of aromatic nitrogens is 2. The van der Waals surface area contributed by atoms with Crippen molar-refractivity contribution in [2.45, 2.75) is 37.6 Å². The quantitative estimate of drug-likeness (QED) is 0.737. The maximum Gasteiger partial charge on any atom is 0.329 e. The molecule has 6 heteroatoms. The molecule has 0 spiro atoms. The Morgan fingerprint density at radius 2 is 2.00 bits per heavy atom. The molecule has 106 valence electrons. The molecule has 0 bridgehead atoms. The van der Waals surface area contributed by atoms with E-state index in [0.717, 1.165) is 17.4 Å². The first-order valence-corrected chi connectivity index (χ1v) is 6.79. The van der Waals surface area contributed by atoms with E-state index in [0.29, 0.717) is 12.4 Å². The molecule has 1 fully saturated rings. The van der Waals surface area contributed by atoms with Gasteiger partial charge in [0.1, 0.15) is 5.82 Å². The number of rotatable bonds is 4. The van der Waals surface area contributed by atoms with Gasteiger partial charge in [0.05, 0.1) is 0 Å². The third kappa shape index (κ3) is 3.07. The summed E-state index contributed by atoms with van der Waals surface area (Å²) in [7, 11) is 3.43. The second-order valence-corrected chi connectivity index (χ2v) is 5.33. The van der Waals surface area contributed by atoms with Crippen LogP contribution in [0.2, 0.25) is 0 Å². The molecule has 0 saturated heterocycles. The van der Waals surface area contributed by atoms with Gasteiger partial charge in [0, 0.05) is 25.2 Å². The molecule has 0 atom stereocenters. The van der Waals surface area contributed by atoms with E-state index < -0.39 is 5.69 Å². The van der Waals surface area contributed by atoms with E-state index in [-0.39, 0.29) is 11.1 Å². The molecule has 19 heavy (non-hydrogen) atoms. The Morgan fingerprint density at radius 3 is 2.58 bits per heavy atom. The van der Waals surface area contributed by atoms with Crippen LogP contribution in [0.1, 0.15) is 32.1 Å². The van der Waals surface area contributed by atoms with Gasteiger partial charge in [0.15, 0.2) is 0 Å². The van der Waals surface area contributed by atoms with Crippen molar-refractivity contribution < 1.29 is 0 Å². The first-order chi connectivity index (χ1) is 9.06. The van der Waals surface area contributed by atoms with Crippen molar-refractivity contribution in [3.05, 3.63) is 26.9 Å². The molecule has 6 nitrogen and oxygen atoms in total. The fourth-order valence-electron chi connectivity index (χ4n) is 2.66. The van der Waals surface area contributed by atoms with Gasteiger partial charge in [-0.15, -0.1) is 0 Å². The molecular weight excluding hydrogens is 244 g/mol. The van der Waals surface area contributed by atoms with E-state index in [9.17, 15) is 9.59 Å². The molecule has 1 saturated carbocycles. The van der Waals surface area contributed by atoms with Gasteiger partial charge < -0.3 is 10.6 Å². The number of hydrogen-bond donors (Lipinski definition) is 3. The van der Waals surface area contributed by atoms with Crippen LogP contribution in [0.4, 0.5) is 5.82 Å². The van der Waals surface area contributed by atoms with Gasteiger partial charge in [0.25, 0.3) is 5.56 Å². The minimum atomic E-state index is -0.392. The highest BCUT2D eigenvalue weighted by Gasteiger charge is 2.29. The summed E-state index contributed by atoms with van der Waals surface area (Å²) >= 11 is 0. The number of H-pyrrole nitrogens is 1. The maximum absolute atomic E-state index is 11.5. The summed E-state index contributed by atoms with van der Waals surface area (Å²) in [5.41, 5.74) is -0.624. The lowest BCUT2D eigenvalue weighted by atomic mass is 9.82. The van der Waals surface area contributed by atoms with Crippen LogP contribution in [0.15, 0.2) is 15.7 Å². The molecule has 0 aliphatic heterocycles. The zero-order valence-electron chi connectivity index (χ0n) is 11.6. The Hall–Kier alpha value is -1.56. The molecule has 3 N–H and O–H groups in total. The second kappa shape index (κ2) is 5.61. The Balaban J connectivity index is 2.09. The highest BCUT2D eigenvalue weighted by Crippen LogP contribution is 2.27. The normalized spacial score (nSPS) is 18.2. The first-order valence-electron chi connectivity index (χ1n) is 6.79. The average molecular weight is 266 g/mol. The van der Waals surface area contributed by atoms with Gasteiger partial charge in [-0.05, 0) is 19.9 Å². The highest BCUT2D eigenvalue weighted by molar-refractivity contribution is 5.32. The van der Waals surface area contributed by atoms with Crippen LogP contribution in [0, 0.1) is 0 Å². The minimum Gasteiger partial charge on any atom is -0.370 e. The van der Waals surface area contributed by atoms with Crippen LogP contribution in [-0.2, 0) is 7.05 Å². The molecule has 1 aliphatic carbocycles. The third-order valence-corrected chi connectivity index (χ3v) is 4.10. The highest BCUT2D eigenvalue weighted by atomic mass is 16.2. The Morgan fingerprint density at radius 1 is 1.32 bits per heavy atom. The Kier molecular flexibility index (Phi) is 4.09. The molecule has 0 unspecified atom stereocenters. The van der Waals surface area contributed by atoms with Crippen molar-refractivity contribution in [2.24, 2.45) is 7.05 Å². The van der Waals surface area contributed by atoms with Crippen LogP contribution < -0.4 is 21.9 Å². The van der Waals surface area contributed by atoms with Crippen LogP contribution in [0.3, 0.4) is 0 Å². The van der Waals surface area contributed by atoms with E-state index in [4.69, 9.17) is 0 Å². The zero-order chi connectivity index (χ0) is 13.9. The first kappa shape index (κ1) is 13.9. The molecular formula is C13H22N4O2. The van der Waals surface area contributed by atoms with Crippen molar-refractivity contribution >= 4 is 5.82 Å². The largest absolute Gasteiger partial charge is 0.370 e. The van der Waals surface area contributed by atoms with Gasteiger partial charge in [0.2, 0.25) is 0 Å². The number of nitrogens with one attached hydrogen (secondary N) is 3. The molecule has 0 amide bonds. The summed E-state index contributed by atoms with van der Waals surface area (Å²) in [4.78, 5) is 25.7. The van der Waals surface area contributed by atoms with E-state index in [1.54, 1.807) is 0 Å². The number of nitrogens with zero attached hydrogens (tertiary/aromatic N) is 1. The monoisotopic (exact) mass is 266 g/mol. The van der Waals surface area contributed by atoms with Crippen molar-refractivity contribution in [1.29, 1.82) is 0 Å². The van der Waals surface area contributed by atoms with E-state index >= 15 is 0 Å². The predicted molar refractivity (Wildman–Crippen MR) is 75.7 cm³/mol. The fourth-order valence-corrected chi connectivity index (χ4v) is 2.66. The average Bonchev–Trinajstić information content (AvgIpc) is 2.43. The standard InChI is InChI=1S/C13H22N4O2/c1-14-13(6-4-3-5-7-13)9-15-10-8-11(18)17(2)12(19)16-10/h8,14-15H,3-7,9H2,1-2H3,(H,16,19). The molecule has 0 aromatic carbocycles. The number of anilines is 1. The molecule has 1 heterocycles. The molecule has 1 aromatic rings. The van der Waals surface area contributed by atoms with Gasteiger partial charge in [-0.25, -0.2) is 4.79 Å². The second-order valence-electron chi connectivity index (χ2n) is 5.33. The number of aromatic amines is 1. The Labute approximate surface area is 112 Å². The maximum atomic E-state index is 11.5. The lowest BCUT2D eigenvalue weighted by molar-refractivity contribution is 0.261. The zero-order valence-corrected chi connectivity index (χ0v) is 11.6. The van der Waals surface area contributed by atoms with Crippen LogP contribution in [0.5, 0.6) is 0 Å². The summed E-state index contributed by atoms with van der Waals surface area (Å²) in [6, 6.07) is 1.42. The SMILES string of the molecule is CNC1(CNc2cc(=O)n(C)c(=O)[nH]2)CCCCC1. The minimum absolute atomic E-state index is 0.0657. The van der Waals surface area contributed by atoms with Crippen molar-refractivity contribution in [1.82, 2.24) is 14.9 Å². The Bertz CT molecular complexity index is 509. The van der Waals surface area contributed by atoms with E-state index in [1.165, 1.54) is 32.4 Å². The fraction of sp³-hybridized carbons (Fsp3) is 0.692. The topological polar surface area (TPSA) is 78.9 Å². The van der Waals surface area contributed by atoms with Crippen molar-refractivity contribution in [2.75, 3.05) is 18.9 Å². The van der Waals surface area contributed by atoms with Crippen LogP contribution in [0.25, 0.3) is 0 Å². The number of hydrogen-bond acceptors (Lipinski definition) is 4. The van der Waals surface area contributed by atoms with E-state index in [2.05, 4.69) is 15.6 Å². The number of likely N-dealkylation sites (N-methyl/N-ethyl adjacent to an activating group) is 1. The van der Waals surface area contributed by atoms with Gasteiger partial charge in [-0.1, -0.05) is 19.3 Å². The predicted octanol–water partition coefficient (Wildman–Crippen LogP) is 0.408. The summed E-state index contributed by atoms with van der Waals surface area (Å²) in [6.07, 6.45) is 5.95. The summed E-state index contributed by atoms with van der Waals surface area (Å²) < 4.78 is 1.06. The summed E-state index contributed by atoms with van der Waals surface area (Å²) in [5, 5.41) is 6.57. The molecule has 1 aromatic heterocycles. The summed E-state index contributed by atoms with van der Waals surface area (Å²) in [5.74, 6) is 0.494. The molecule has 0 radical (unpaired) electrons. The third-order valence-electron chi connectivity index (χ3n) is 4.10. The van der Waals surface area contributed by atoms with E-state index in [1.807, 2.05) is 7.05 Å². The smallest absolute Gasteiger partial charge is 0.329 e. The van der Waals surface area contributed by atoms with Gasteiger partial charge >= 0.3 is 5.69 Å². The lowest BCUT2D eigenvalue weighted by Gasteiger charge is -2.37. The van der Waals surface area contributed by atoms with Crippen LogP contribution >= 0.6 is 0 Å². The summed E-state index contributed by atoms with van der Waals surface area (Å²) in [6.45, 7) is 0.715. The van der Waals surface area contributed by atoms with Gasteiger partial charge in [-0.2, -0.15) is 0 Å². The van der Waals surface area contributed by atoms with Gasteiger partial charge in [-0.3, -0.25) is 14.3 Å². The molecule has 1 aliphatic rings. The van der Waals surface area contributed by atoms with Crippen molar-refractivity contribution in [3.63, 3.8) is 0 Å². The van der Waals surface area contributed by atoms with Crippen molar-refractivity contribution in [3.8, 4) is 0 Å².